The number of hydrogen-bond acceptors (Lipinski definition) is 3. The summed E-state index contributed by atoms with van der Waals surface area (Å²) in [6, 6.07) is 0.653. The first-order valence-electron chi connectivity index (χ1n) is 8.34. The molecule has 0 bridgehead atoms. The lowest BCUT2D eigenvalue weighted by Gasteiger charge is -2.33. The molecule has 2 aliphatic rings. The molecule has 2 N–H and O–H groups in total. The molecule has 0 spiro atoms. The van der Waals surface area contributed by atoms with Gasteiger partial charge in [-0.05, 0) is 45.6 Å². The van der Waals surface area contributed by atoms with Gasteiger partial charge < -0.3 is 15.3 Å². The fourth-order valence-electron chi connectivity index (χ4n) is 3.68. The quantitative estimate of drug-likeness (QED) is 0.734. The van der Waals surface area contributed by atoms with Crippen LogP contribution < -0.4 is 5.32 Å². The molecule has 1 aliphatic carbocycles. The highest BCUT2D eigenvalue weighted by molar-refractivity contribution is 5.85. The van der Waals surface area contributed by atoms with Crippen molar-refractivity contribution in [1.29, 1.82) is 0 Å². The van der Waals surface area contributed by atoms with Crippen molar-refractivity contribution >= 4 is 11.9 Å². The van der Waals surface area contributed by atoms with Crippen LogP contribution >= 0.6 is 0 Å². The molecule has 0 aromatic carbocycles. The molecule has 120 valence electrons. The Balaban J connectivity index is 1.66. The van der Waals surface area contributed by atoms with Gasteiger partial charge in [0.05, 0.1) is 11.8 Å². The van der Waals surface area contributed by atoms with Gasteiger partial charge in [-0.25, -0.2) is 0 Å². The number of carboxylic acid groups (broad SMARTS) is 1. The minimum Gasteiger partial charge on any atom is -0.481 e. The van der Waals surface area contributed by atoms with Gasteiger partial charge >= 0.3 is 5.97 Å². The van der Waals surface area contributed by atoms with E-state index < -0.39 is 11.9 Å². The first-order chi connectivity index (χ1) is 10.1. The standard InChI is InChI=1S/C16H28N2O3/c1-12-6-2-3-10-18(12)11-5-9-17-15(19)13-7-4-8-14(13)16(20)21/h12-14H,2-11H2,1H3,(H,17,19)(H,20,21). The molecule has 3 atom stereocenters. The zero-order chi connectivity index (χ0) is 15.2. The van der Waals surface area contributed by atoms with Crippen LogP contribution in [0.1, 0.15) is 51.9 Å². The fourth-order valence-corrected chi connectivity index (χ4v) is 3.68. The van der Waals surface area contributed by atoms with Gasteiger partial charge in [0, 0.05) is 19.1 Å². The van der Waals surface area contributed by atoms with Crippen molar-refractivity contribution in [3.8, 4) is 0 Å². The predicted octanol–water partition coefficient (Wildman–Crippen LogP) is 1.87. The van der Waals surface area contributed by atoms with E-state index in [1.54, 1.807) is 0 Å². The van der Waals surface area contributed by atoms with Gasteiger partial charge in [-0.1, -0.05) is 12.8 Å². The van der Waals surface area contributed by atoms with Crippen LogP contribution in [0.25, 0.3) is 0 Å². The number of aliphatic carboxylic acids is 1. The van der Waals surface area contributed by atoms with Crippen LogP contribution in [0, 0.1) is 11.8 Å². The first-order valence-corrected chi connectivity index (χ1v) is 8.34. The Morgan fingerprint density at radius 1 is 1.14 bits per heavy atom. The van der Waals surface area contributed by atoms with Crippen molar-refractivity contribution in [2.75, 3.05) is 19.6 Å². The third-order valence-electron chi connectivity index (χ3n) is 5.03. The van der Waals surface area contributed by atoms with Crippen LogP contribution in [-0.2, 0) is 9.59 Å². The molecular weight excluding hydrogens is 268 g/mol. The molecule has 2 fully saturated rings. The summed E-state index contributed by atoms with van der Waals surface area (Å²) in [5.41, 5.74) is 0. The summed E-state index contributed by atoms with van der Waals surface area (Å²) in [5, 5.41) is 12.1. The number of nitrogens with zero attached hydrogens (tertiary/aromatic N) is 1. The van der Waals surface area contributed by atoms with E-state index in [1.165, 1.54) is 25.8 Å². The molecular formula is C16H28N2O3. The molecule has 5 heteroatoms. The van der Waals surface area contributed by atoms with Gasteiger partial charge in [0.2, 0.25) is 5.91 Å². The summed E-state index contributed by atoms with van der Waals surface area (Å²) >= 11 is 0. The zero-order valence-corrected chi connectivity index (χ0v) is 13.0. The number of piperidine rings is 1. The Morgan fingerprint density at radius 2 is 1.90 bits per heavy atom. The largest absolute Gasteiger partial charge is 0.481 e. The second kappa shape index (κ2) is 7.78. The maximum atomic E-state index is 12.1. The van der Waals surface area contributed by atoms with Crippen molar-refractivity contribution in [2.45, 2.75) is 57.9 Å². The van der Waals surface area contributed by atoms with E-state index in [9.17, 15) is 9.59 Å². The lowest BCUT2D eigenvalue weighted by molar-refractivity contribution is -0.146. The molecule has 5 nitrogen and oxygen atoms in total. The number of carbonyl (C=O) groups is 2. The molecule has 0 aromatic heterocycles. The van der Waals surface area contributed by atoms with E-state index >= 15 is 0 Å². The predicted molar refractivity (Wildman–Crippen MR) is 81.0 cm³/mol. The van der Waals surface area contributed by atoms with Gasteiger partial charge in [-0.2, -0.15) is 0 Å². The third-order valence-corrected chi connectivity index (χ3v) is 5.03. The number of carbonyl (C=O) groups excluding carboxylic acids is 1. The summed E-state index contributed by atoms with van der Waals surface area (Å²) in [6.45, 7) is 5.12. The van der Waals surface area contributed by atoms with E-state index in [-0.39, 0.29) is 11.8 Å². The highest BCUT2D eigenvalue weighted by atomic mass is 16.4. The Labute approximate surface area is 127 Å². The molecule has 0 radical (unpaired) electrons. The van der Waals surface area contributed by atoms with Crippen LogP contribution in [0.5, 0.6) is 0 Å². The van der Waals surface area contributed by atoms with Crippen LogP contribution in [0.2, 0.25) is 0 Å². The second-order valence-corrected chi connectivity index (χ2v) is 6.51. The topological polar surface area (TPSA) is 69.6 Å². The number of rotatable bonds is 6. The molecule has 0 aromatic rings. The number of likely N-dealkylation sites (tertiary alicyclic amines) is 1. The number of amides is 1. The van der Waals surface area contributed by atoms with Gasteiger partial charge in [0.1, 0.15) is 0 Å². The van der Waals surface area contributed by atoms with Crippen LogP contribution in [0.3, 0.4) is 0 Å². The summed E-state index contributed by atoms with van der Waals surface area (Å²) < 4.78 is 0. The lowest BCUT2D eigenvalue weighted by atomic mass is 9.95. The monoisotopic (exact) mass is 296 g/mol. The van der Waals surface area contributed by atoms with Gasteiger partial charge in [0.15, 0.2) is 0 Å². The number of hydrogen-bond donors (Lipinski definition) is 2. The Morgan fingerprint density at radius 3 is 2.62 bits per heavy atom. The van der Waals surface area contributed by atoms with E-state index in [1.807, 2.05) is 0 Å². The molecule has 2 rings (SSSR count). The average molecular weight is 296 g/mol. The first kappa shape index (κ1) is 16.3. The van der Waals surface area contributed by atoms with E-state index in [4.69, 9.17) is 5.11 Å². The Kier molecular flexibility index (Phi) is 6.03. The summed E-state index contributed by atoms with van der Waals surface area (Å²) in [5.74, 6) is -1.69. The summed E-state index contributed by atoms with van der Waals surface area (Å²) in [7, 11) is 0. The highest BCUT2D eigenvalue weighted by Crippen LogP contribution is 2.31. The SMILES string of the molecule is CC1CCCCN1CCCNC(=O)C1CCCC1C(=O)O. The highest BCUT2D eigenvalue weighted by Gasteiger charge is 2.37. The van der Waals surface area contributed by atoms with Gasteiger partial charge in [-0.15, -0.1) is 0 Å². The molecule has 1 amide bonds. The number of carboxylic acids is 1. The molecule has 1 aliphatic heterocycles. The van der Waals surface area contributed by atoms with Crippen LogP contribution in [0.15, 0.2) is 0 Å². The van der Waals surface area contributed by atoms with Crippen LogP contribution in [0.4, 0.5) is 0 Å². The maximum Gasteiger partial charge on any atom is 0.307 e. The van der Waals surface area contributed by atoms with Crippen molar-refractivity contribution < 1.29 is 14.7 Å². The lowest BCUT2D eigenvalue weighted by Crippen LogP contribution is -2.40. The van der Waals surface area contributed by atoms with Crippen LogP contribution in [-0.4, -0.2) is 47.6 Å². The minimum absolute atomic E-state index is 0.0633. The van der Waals surface area contributed by atoms with Gasteiger partial charge in [-0.3, -0.25) is 9.59 Å². The Bertz CT molecular complexity index is 373. The molecule has 21 heavy (non-hydrogen) atoms. The summed E-state index contributed by atoms with van der Waals surface area (Å²) in [6.07, 6.45) is 7.02. The second-order valence-electron chi connectivity index (χ2n) is 6.51. The van der Waals surface area contributed by atoms with Crippen molar-refractivity contribution in [1.82, 2.24) is 10.2 Å². The third kappa shape index (κ3) is 4.43. The van der Waals surface area contributed by atoms with E-state index in [0.29, 0.717) is 25.4 Å². The minimum atomic E-state index is -0.824. The molecule has 1 saturated heterocycles. The van der Waals surface area contributed by atoms with Crippen molar-refractivity contribution in [3.63, 3.8) is 0 Å². The van der Waals surface area contributed by atoms with Gasteiger partial charge in [0.25, 0.3) is 0 Å². The summed E-state index contributed by atoms with van der Waals surface area (Å²) in [4.78, 5) is 25.7. The smallest absolute Gasteiger partial charge is 0.307 e. The van der Waals surface area contributed by atoms with E-state index in [0.717, 1.165) is 19.4 Å². The van der Waals surface area contributed by atoms with E-state index in [2.05, 4.69) is 17.1 Å². The molecule has 3 unspecified atom stereocenters. The molecule has 1 heterocycles. The van der Waals surface area contributed by atoms with Crippen molar-refractivity contribution in [2.24, 2.45) is 11.8 Å². The Hall–Kier alpha value is -1.10. The fraction of sp³-hybridized carbons (Fsp3) is 0.875. The normalized spacial score (nSPS) is 30.2. The average Bonchev–Trinajstić information content (AvgIpc) is 2.95. The zero-order valence-electron chi connectivity index (χ0n) is 13.0. The maximum absolute atomic E-state index is 12.1. The number of nitrogens with one attached hydrogen (secondary N) is 1. The van der Waals surface area contributed by atoms with Crippen molar-refractivity contribution in [3.05, 3.63) is 0 Å². The molecule has 1 saturated carbocycles.